The normalized spacial score (nSPS) is 13.8. The zero-order valence-electron chi connectivity index (χ0n) is 26.9. The number of amides is 2. The molecule has 9 nitrogen and oxygen atoms in total. The number of aliphatic carboxylic acids is 1. The zero-order chi connectivity index (χ0) is 33.2. The van der Waals surface area contributed by atoms with Crippen LogP contribution in [-0.2, 0) is 16.0 Å². The van der Waals surface area contributed by atoms with Gasteiger partial charge in [-0.25, -0.2) is 9.97 Å². The molecule has 0 unspecified atom stereocenters. The number of carbonyl (C=O) groups excluding carboxylic acids is 2. The largest absolute Gasteiger partial charge is 0.494 e. The Morgan fingerprint density at radius 3 is 2.21 bits per heavy atom. The van der Waals surface area contributed by atoms with Gasteiger partial charge in [0.1, 0.15) is 17.8 Å². The van der Waals surface area contributed by atoms with E-state index >= 15 is 0 Å². The Balaban J connectivity index is 1.20. The summed E-state index contributed by atoms with van der Waals surface area (Å²) in [6, 6.07) is 17.1. The summed E-state index contributed by atoms with van der Waals surface area (Å²) in [7, 11) is 0. The molecule has 2 atom stereocenters. The van der Waals surface area contributed by atoms with Gasteiger partial charge < -0.3 is 20.5 Å². The van der Waals surface area contributed by atoms with Crippen LogP contribution in [0.15, 0.2) is 73.1 Å². The first-order valence-electron chi connectivity index (χ1n) is 16.4. The number of carbonyl (C=O) groups is 3. The number of benzene rings is 2. The minimum atomic E-state index is -1.15. The molecule has 1 fully saturated rings. The van der Waals surface area contributed by atoms with Crippen molar-refractivity contribution in [1.29, 1.82) is 0 Å². The van der Waals surface area contributed by atoms with E-state index in [2.05, 4.69) is 27.5 Å². The van der Waals surface area contributed by atoms with Crippen LogP contribution in [-0.4, -0.2) is 51.5 Å². The Morgan fingerprint density at radius 1 is 0.872 bits per heavy atom. The molecule has 3 N–H and O–H groups in total. The summed E-state index contributed by atoms with van der Waals surface area (Å²) in [4.78, 5) is 48.4. The minimum absolute atomic E-state index is 0.184. The standard InChI is InChI=1S/C37H42N4O5S/c1-3-4-5-6-7-20-46-30-16-14-26(15-17-30)29-22-38-34(39-23-29)28-10-8-25(9-11-28)21-31(35(42)40-24(2)37(44)45)41-36(43)33-19-18-32(47-33)27-12-13-27/h8-11,14-19,22-24,27,31H,3-7,12-13,20-21H2,1-2H3,(H,40,42)(H,41,43)(H,44,45)/t24-,31+/m1/s1. The third-order valence-electron chi connectivity index (χ3n) is 8.19. The van der Waals surface area contributed by atoms with Crippen LogP contribution in [0.1, 0.15) is 84.8 Å². The smallest absolute Gasteiger partial charge is 0.325 e. The highest BCUT2D eigenvalue weighted by Gasteiger charge is 2.28. The number of carboxylic acids is 1. The van der Waals surface area contributed by atoms with Crippen LogP contribution in [0.4, 0.5) is 0 Å². The molecule has 2 amide bonds. The molecule has 0 bridgehead atoms. The van der Waals surface area contributed by atoms with Gasteiger partial charge in [0.2, 0.25) is 5.91 Å². The summed E-state index contributed by atoms with van der Waals surface area (Å²) in [6.45, 7) is 4.33. The summed E-state index contributed by atoms with van der Waals surface area (Å²) in [5, 5.41) is 14.6. The maximum absolute atomic E-state index is 13.1. The second kappa shape index (κ2) is 16.3. The fourth-order valence-corrected chi connectivity index (χ4v) is 6.25. The van der Waals surface area contributed by atoms with Crippen molar-refractivity contribution in [2.24, 2.45) is 0 Å². The number of nitrogens with one attached hydrogen (secondary N) is 2. The van der Waals surface area contributed by atoms with E-state index in [4.69, 9.17) is 4.74 Å². The Hall–Kier alpha value is -4.57. The molecule has 5 rings (SSSR count). The molecule has 0 saturated heterocycles. The third kappa shape index (κ3) is 9.71. The number of hydrogen-bond donors (Lipinski definition) is 3. The fourth-order valence-electron chi connectivity index (χ4n) is 5.17. The van der Waals surface area contributed by atoms with E-state index in [0.29, 0.717) is 16.6 Å². The molecule has 1 aliphatic rings. The minimum Gasteiger partial charge on any atom is -0.494 e. The number of ether oxygens (including phenoxy) is 1. The maximum Gasteiger partial charge on any atom is 0.325 e. The van der Waals surface area contributed by atoms with Gasteiger partial charge in [0.25, 0.3) is 5.91 Å². The molecule has 0 aliphatic heterocycles. The van der Waals surface area contributed by atoms with Gasteiger partial charge >= 0.3 is 5.97 Å². The number of thiophene rings is 1. The molecule has 2 aromatic heterocycles. The van der Waals surface area contributed by atoms with E-state index in [1.807, 2.05) is 54.6 Å². The maximum atomic E-state index is 13.1. The molecule has 1 saturated carbocycles. The molecule has 47 heavy (non-hydrogen) atoms. The highest BCUT2D eigenvalue weighted by Crippen LogP contribution is 2.43. The van der Waals surface area contributed by atoms with Gasteiger partial charge in [-0.2, -0.15) is 0 Å². The van der Waals surface area contributed by atoms with Gasteiger partial charge in [-0.3, -0.25) is 14.4 Å². The molecule has 246 valence electrons. The first-order chi connectivity index (χ1) is 22.8. The molecular formula is C37H42N4O5S. The van der Waals surface area contributed by atoms with Crippen molar-refractivity contribution in [3.8, 4) is 28.3 Å². The van der Waals surface area contributed by atoms with Crippen molar-refractivity contribution in [3.63, 3.8) is 0 Å². The summed E-state index contributed by atoms with van der Waals surface area (Å²) in [5.41, 5.74) is 3.49. The van der Waals surface area contributed by atoms with Crippen molar-refractivity contribution in [1.82, 2.24) is 20.6 Å². The molecule has 0 spiro atoms. The van der Waals surface area contributed by atoms with Gasteiger partial charge in [0.05, 0.1) is 11.5 Å². The van der Waals surface area contributed by atoms with Crippen LogP contribution in [0.3, 0.4) is 0 Å². The Labute approximate surface area is 279 Å². The van der Waals surface area contributed by atoms with E-state index < -0.39 is 24.0 Å². The lowest BCUT2D eigenvalue weighted by Crippen LogP contribution is -2.51. The Kier molecular flexibility index (Phi) is 11.7. The summed E-state index contributed by atoms with van der Waals surface area (Å²) < 4.78 is 5.88. The SMILES string of the molecule is CCCCCCCOc1ccc(-c2cnc(-c3ccc(C[C@H](NC(=O)c4ccc(C5CC5)s4)C(=O)N[C@H](C)C(=O)O)cc3)nc2)cc1. The Morgan fingerprint density at radius 2 is 1.55 bits per heavy atom. The third-order valence-corrected chi connectivity index (χ3v) is 9.44. The van der Waals surface area contributed by atoms with Crippen LogP contribution in [0.2, 0.25) is 0 Å². The van der Waals surface area contributed by atoms with Crippen molar-refractivity contribution in [2.45, 2.75) is 83.2 Å². The summed E-state index contributed by atoms with van der Waals surface area (Å²) >= 11 is 1.44. The van der Waals surface area contributed by atoms with Gasteiger partial charge in [0.15, 0.2) is 5.82 Å². The topological polar surface area (TPSA) is 131 Å². The average Bonchev–Trinajstić information content (AvgIpc) is 3.82. The fraction of sp³-hybridized carbons (Fsp3) is 0.378. The first kappa shape index (κ1) is 33.8. The predicted octanol–water partition coefficient (Wildman–Crippen LogP) is 7.03. The molecular weight excluding hydrogens is 612 g/mol. The van der Waals surface area contributed by atoms with E-state index in [9.17, 15) is 19.5 Å². The van der Waals surface area contributed by atoms with E-state index in [1.54, 1.807) is 18.5 Å². The van der Waals surface area contributed by atoms with E-state index in [-0.39, 0.29) is 12.3 Å². The monoisotopic (exact) mass is 654 g/mol. The number of carboxylic acid groups (broad SMARTS) is 1. The molecule has 2 heterocycles. The number of rotatable bonds is 17. The number of aromatic nitrogens is 2. The lowest BCUT2D eigenvalue weighted by Gasteiger charge is -2.20. The molecule has 0 radical (unpaired) electrons. The van der Waals surface area contributed by atoms with Crippen molar-refractivity contribution in [3.05, 3.63) is 88.4 Å². The van der Waals surface area contributed by atoms with Crippen LogP contribution >= 0.6 is 11.3 Å². The van der Waals surface area contributed by atoms with Crippen LogP contribution in [0, 0.1) is 0 Å². The quantitative estimate of drug-likeness (QED) is 0.104. The first-order valence-corrected chi connectivity index (χ1v) is 17.2. The number of hydrogen-bond acceptors (Lipinski definition) is 7. The number of unbranched alkanes of at least 4 members (excludes halogenated alkanes) is 4. The molecule has 2 aromatic carbocycles. The van der Waals surface area contributed by atoms with E-state index in [1.165, 1.54) is 48.8 Å². The second-order valence-corrected chi connectivity index (χ2v) is 13.2. The van der Waals surface area contributed by atoms with Gasteiger partial charge in [-0.15, -0.1) is 11.3 Å². The lowest BCUT2D eigenvalue weighted by molar-refractivity contribution is -0.141. The van der Waals surface area contributed by atoms with Gasteiger partial charge in [-0.05, 0) is 67.5 Å². The van der Waals surface area contributed by atoms with E-state index in [0.717, 1.165) is 53.9 Å². The highest BCUT2D eigenvalue weighted by molar-refractivity contribution is 7.14. The average molecular weight is 655 g/mol. The van der Waals surface area contributed by atoms with Crippen molar-refractivity contribution >= 4 is 29.1 Å². The lowest BCUT2D eigenvalue weighted by atomic mass is 10.0. The molecule has 10 heteroatoms. The predicted molar refractivity (Wildman–Crippen MR) is 184 cm³/mol. The van der Waals surface area contributed by atoms with Gasteiger partial charge in [0, 0.05) is 34.8 Å². The van der Waals surface area contributed by atoms with Gasteiger partial charge in [-0.1, -0.05) is 69.0 Å². The summed E-state index contributed by atoms with van der Waals surface area (Å²) in [5.74, 6) is -0.123. The highest BCUT2D eigenvalue weighted by atomic mass is 32.1. The Bertz CT molecular complexity index is 1630. The van der Waals surface area contributed by atoms with Crippen LogP contribution in [0.25, 0.3) is 22.5 Å². The zero-order valence-corrected chi connectivity index (χ0v) is 27.7. The van der Waals surface area contributed by atoms with Crippen molar-refractivity contribution in [2.75, 3.05) is 6.61 Å². The van der Waals surface area contributed by atoms with Crippen LogP contribution in [0.5, 0.6) is 5.75 Å². The second-order valence-electron chi connectivity index (χ2n) is 12.1. The van der Waals surface area contributed by atoms with Crippen molar-refractivity contribution < 1.29 is 24.2 Å². The number of nitrogens with zero attached hydrogens (tertiary/aromatic N) is 2. The molecule has 1 aliphatic carbocycles. The van der Waals surface area contributed by atoms with Crippen LogP contribution < -0.4 is 15.4 Å². The summed E-state index contributed by atoms with van der Waals surface area (Å²) in [6.07, 6.45) is 12.1. The molecule has 4 aromatic rings.